The highest BCUT2D eigenvalue weighted by molar-refractivity contribution is 5.84. The summed E-state index contributed by atoms with van der Waals surface area (Å²) in [6.07, 6.45) is -0.159. The van der Waals surface area contributed by atoms with Crippen molar-refractivity contribution < 1.29 is 10.2 Å². The number of rotatable bonds is 3. The van der Waals surface area contributed by atoms with Crippen LogP contribution in [0.5, 0.6) is 0 Å². The second-order valence-electron chi connectivity index (χ2n) is 4.04. The molecule has 0 aliphatic carbocycles. The summed E-state index contributed by atoms with van der Waals surface area (Å²) in [4.78, 5) is 3.06. The van der Waals surface area contributed by atoms with Crippen LogP contribution in [0.4, 0.5) is 0 Å². The van der Waals surface area contributed by atoms with E-state index in [1.807, 2.05) is 25.1 Å². The molecular formula is C12H16N2O2. The highest BCUT2D eigenvalue weighted by atomic mass is 16.3. The van der Waals surface area contributed by atoms with Crippen LogP contribution in [0, 0.1) is 6.92 Å². The largest absolute Gasteiger partial charge is 0.389 e. The summed E-state index contributed by atoms with van der Waals surface area (Å²) in [5, 5.41) is 20.4. The first-order valence-electron chi connectivity index (χ1n) is 5.27. The lowest BCUT2D eigenvalue weighted by Crippen LogP contribution is -2.27. The molecule has 1 aromatic carbocycles. The maximum absolute atomic E-state index is 9.92. The van der Waals surface area contributed by atoms with Crippen LogP contribution < -0.4 is 5.73 Å². The summed E-state index contributed by atoms with van der Waals surface area (Å²) in [6.45, 7) is 2.03. The number of aryl methyl sites for hydroxylation is 1. The number of aliphatic hydroxyl groups excluding tert-OH is 2. The lowest BCUT2D eigenvalue weighted by Gasteiger charge is -2.15. The predicted molar refractivity (Wildman–Crippen MR) is 63.1 cm³/mol. The van der Waals surface area contributed by atoms with Gasteiger partial charge in [-0.05, 0) is 19.1 Å². The molecule has 2 rings (SSSR count). The maximum atomic E-state index is 9.92. The maximum Gasteiger partial charge on any atom is 0.108 e. The van der Waals surface area contributed by atoms with E-state index in [0.29, 0.717) is 5.56 Å². The van der Waals surface area contributed by atoms with Crippen LogP contribution in [-0.2, 0) is 0 Å². The molecule has 0 spiro atoms. The molecule has 0 radical (unpaired) electrons. The third kappa shape index (κ3) is 1.82. The van der Waals surface area contributed by atoms with Crippen molar-refractivity contribution in [2.75, 3.05) is 6.54 Å². The molecule has 2 atom stereocenters. The Hall–Kier alpha value is -1.36. The zero-order chi connectivity index (χ0) is 11.7. The zero-order valence-electron chi connectivity index (χ0n) is 9.14. The van der Waals surface area contributed by atoms with Crippen LogP contribution in [-0.4, -0.2) is 27.8 Å². The number of aromatic nitrogens is 1. The number of hydrogen-bond donors (Lipinski definition) is 4. The minimum atomic E-state index is -0.944. The van der Waals surface area contributed by atoms with E-state index in [-0.39, 0.29) is 6.54 Å². The van der Waals surface area contributed by atoms with Crippen molar-refractivity contribution in [3.8, 4) is 0 Å². The molecule has 0 saturated heterocycles. The van der Waals surface area contributed by atoms with Gasteiger partial charge in [0.1, 0.15) is 6.10 Å². The highest BCUT2D eigenvalue weighted by Crippen LogP contribution is 2.26. The minimum Gasteiger partial charge on any atom is -0.389 e. The number of aromatic amines is 1. The van der Waals surface area contributed by atoms with Gasteiger partial charge < -0.3 is 20.9 Å². The standard InChI is InChI=1S/C12H16N2O2/c1-7-2-3-10-8(4-7)9(6-14-10)12(16)11(15)5-13/h2-4,6,11-12,14-16H,5,13H2,1H3. The third-order valence-electron chi connectivity index (χ3n) is 2.79. The van der Waals surface area contributed by atoms with Gasteiger partial charge in [0.15, 0.2) is 0 Å². The van der Waals surface area contributed by atoms with E-state index in [4.69, 9.17) is 5.73 Å². The van der Waals surface area contributed by atoms with Crippen molar-refractivity contribution in [3.63, 3.8) is 0 Å². The fraction of sp³-hybridized carbons (Fsp3) is 0.333. The molecule has 4 nitrogen and oxygen atoms in total. The molecule has 2 aromatic rings. The predicted octanol–water partition coefficient (Wildman–Crippen LogP) is 0.829. The Morgan fingerprint density at radius 3 is 2.81 bits per heavy atom. The first kappa shape index (κ1) is 11.1. The summed E-state index contributed by atoms with van der Waals surface area (Å²) >= 11 is 0. The lowest BCUT2D eigenvalue weighted by atomic mass is 10.0. The van der Waals surface area contributed by atoms with Crippen molar-refractivity contribution in [2.24, 2.45) is 5.73 Å². The topological polar surface area (TPSA) is 82.3 Å². The number of benzene rings is 1. The van der Waals surface area contributed by atoms with Gasteiger partial charge in [0.25, 0.3) is 0 Å². The summed E-state index contributed by atoms with van der Waals surface area (Å²) in [7, 11) is 0. The van der Waals surface area contributed by atoms with Gasteiger partial charge in [0, 0.05) is 29.2 Å². The molecule has 1 heterocycles. The summed E-state index contributed by atoms with van der Waals surface area (Å²) in [5.74, 6) is 0. The third-order valence-corrected chi connectivity index (χ3v) is 2.79. The number of hydrogen-bond acceptors (Lipinski definition) is 3. The van der Waals surface area contributed by atoms with Crippen molar-refractivity contribution in [1.29, 1.82) is 0 Å². The highest BCUT2D eigenvalue weighted by Gasteiger charge is 2.19. The van der Waals surface area contributed by atoms with Gasteiger partial charge in [-0.25, -0.2) is 0 Å². The van der Waals surface area contributed by atoms with Crippen LogP contribution in [0.3, 0.4) is 0 Å². The first-order chi connectivity index (χ1) is 7.63. The van der Waals surface area contributed by atoms with Crippen LogP contribution in [0.1, 0.15) is 17.2 Å². The molecule has 16 heavy (non-hydrogen) atoms. The normalized spacial score (nSPS) is 15.2. The van der Waals surface area contributed by atoms with Gasteiger partial charge in [-0.1, -0.05) is 11.6 Å². The van der Waals surface area contributed by atoms with Crippen molar-refractivity contribution in [1.82, 2.24) is 4.98 Å². The molecule has 5 N–H and O–H groups in total. The Balaban J connectivity index is 2.48. The molecule has 0 amide bonds. The molecule has 86 valence electrons. The Bertz CT molecular complexity index is 493. The molecule has 2 unspecified atom stereocenters. The van der Waals surface area contributed by atoms with E-state index < -0.39 is 12.2 Å². The van der Waals surface area contributed by atoms with Crippen molar-refractivity contribution in [2.45, 2.75) is 19.1 Å². The van der Waals surface area contributed by atoms with E-state index in [1.165, 1.54) is 0 Å². The lowest BCUT2D eigenvalue weighted by molar-refractivity contribution is 0.0252. The van der Waals surface area contributed by atoms with Crippen molar-refractivity contribution >= 4 is 10.9 Å². The summed E-state index contributed by atoms with van der Waals surface area (Å²) < 4.78 is 0. The average Bonchev–Trinajstić information content (AvgIpc) is 2.69. The molecule has 0 fully saturated rings. The molecule has 0 saturated carbocycles. The SMILES string of the molecule is Cc1ccc2[nH]cc(C(O)C(O)CN)c2c1. The summed E-state index contributed by atoms with van der Waals surface area (Å²) in [5.41, 5.74) is 8.09. The van der Waals surface area contributed by atoms with Crippen molar-refractivity contribution in [3.05, 3.63) is 35.5 Å². The van der Waals surface area contributed by atoms with E-state index in [1.54, 1.807) is 6.20 Å². The van der Waals surface area contributed by atoms with Gasteiger partial charge in [-0.3, -0.25) is 0 Å². The van der Waals surface area contributed by atoms with Gasteiger partial charge in [-0.2, -0.15) is 0 Å². The van der Waals surface area contributed by atoms with Gasteiger partial charge in [0.05, 0.1) is 6.10 Å². The van der Waals surface area contributed by atoms with Crippen LogP contribution >= 0.6 is 0 Å². The Kier molecular flexibility index (Phi) is 2.96. The Morgan fingerprint density at radius 2 is 2.12 bits per heavy atom. The Morgan fingerprint density at radius 1 is 1.38 bits per heavy atom. The molecule has 0 aliphatic rings. The second kappa shape index (κ2) is 4.25. The Labute approximate surface area is 93.7 Å². The minimum absolute atomic E-state index is 0.0413. The monoisotopic (exact) mass is 220 g/mol. The quantitative estimate of drug-likeness (QED) is 0.618. The van der Waals surface area contributed by atoms with Crippen LogP contribution in [0.25, 0.3) is 10.9 Å². The molecule has 4 heteroatoms. The molecule has 0 aliphatic heterocycles. The molecular weight excluding hydrogens is 204 g/mol. The van der Waals surface area contributed by atoms with Crippen LogP contribution in [0.2, 0.25) is 0 Å². The summed E-state index contributed by atoms with van der Waals surface area (Å²) in [6, 6.07) is 5.93. The van der Waals surface area contributed by atoms with E-state index in [9.17, 15) is 10.2 Å². The fourth-order valence-electron chi connectivity index (χ4n) is 1.84. The van der Waals surface area contributed by atoms with E-state index in [2.05, 4.69) is 4.98 Å². The van der Waals surface area contributed by atoms with E-state index >= 15 is 0 Å². The number of nitrogens with one attached hydrogen (secondary N) is 1. The van der Waals surface area contributed by atoms with E-state index in [0.717, 1.165) is 16.5 Å². The average molecular weight is 220 g/mol. The zero-order valence-corrected chi connectivity index (χ0v) is 9.14. The number of nitrogens with two attached hydrogens (primary N) is 1. The number of aliphatic hydroxyl groups is 2. The molecule has 0 bridgehead atoms. The van der Waals surface area contributed by atoms with Crippen LogP contribution in [0.15, 0.2) is 24.4 Å². The smallest absolute Gasteiger partial charge is 0.108 e. The number of H-pyrrole nitrogens is 1. The van der Waals surface area contributed by atoms with Gasteiger partial charge in [0.2, 0.25) is 0 Å². The molecule has 1 aromatic heterocycles. The second-order valence-corrected chi connectivity index (χ2v) is 4.04. The first-order valence-corrected chi connectivity index (χ1v) is 5.27. The fourth-order valence-corrected chi connectivity index (χ4v) is 1.84. The number of fused-ring (bicyclic) bond motifs is 1. The van der Waals surface area contributed by atoms with Gasteiger partial charge >= 0.3 is 0 Å². The van der Waals surface area contributed by atoms with Gasteiger partial charge in [-0.15, -0.1) is 0 Å².